The molecule has 0 aliphatic carbocycles. The predicted octanol–water partition coefficient (Wildman–Crippen LogP) is -0.0566. The fraction of sp³-hybridized carbons (Fsp3) is 0. The quantitative estimate of drug-likeness (QED) is 0.527. The van der Waals surface area contributed by atoms with E-state index in [1.54, 1.807) is 0 Å². The molecule has 0 saturated heterocycles. The smallest absolute Gasteiger partial charge is 0.420 e. The Kier molecular flexibility index (Phi) is 1.28. The molecule has 1 aromatic heterocycles. The van der Waals surface area contributed by atoms with Crippen molar-refractivity contribution in [2.45, 2.75) is 0 Å². The molecule has 0 aliphatic heterocycles. The monoisotopic (exact) mass is 145 g/mol. The average molecular weight is 145 g/mol. The number of nitrogens with zero attached hydrogens (tertiary/aromatic N) is 3. The second kappa shape index (κ2) is 2.27. The lowest BCUT2D eigenvalue weighted by atomic mass is 10.3. The van der Waals surface area contributed by atoms with Gasteiger partial charge in [0.05, 0.1) is 0 Å². The van der Waals surface area contributed by atoms with E-state index >= 15 is 0 Å². The number of rotatable bonds is 1. The zero-order valence-corrected chi connectivity index (χ0v) is 5.64. The van der Waals surface area contributed by atoms with E-state index in [-0.39, 0.29) is 0 Å². The van der Waals surface area contributed by atoms with Crippen LogP contribution in [0.3, 0.4) is 0 Å². The minimum Gasteiger partial charge on any atom is -0.480 e. The van der Waals surface area contributed by atoms with Crippen LogP contribution in [0.2, 0.25) is 0 Å². The van der Waals surface area contributed by atoms with Gasteiger partial charge in [-0.2, -0.15) is 0 Å². The number of hydrogen-bond donors (Lipinski definition) is 0. The summed E-state index contributed by atoms with van der Waals surface area (Å²) in [6, 6.07) is 7.39. The summed E-state index contributed by atoms with van der Waals surface area (Å²) >= 11 is 0. The molecule has 5 heteroatoms. The summed E-state index contributed by atoms with van der Waals surface area (Å²) in [7, 11) is 4.92. The molecule has 0 fully saturated rings. The Labute approximate surface area is 64.2 Å². The molecule has 2 rings (SSSR count). The molecular formula is C6H4BN3O. The van der Waals surface area contributed by atoms with E-state index < -0.39 is 0 Å². The largest absolute Gasteiger partial charge is 0.480 e. The van der Waals surface area contributed by atoms with Crippen LogP contribution in [0.1, 0.15) is 0 Å². The van der Waals surface area contributed by atoms with Crippen molar-refractivity contribution in [1.29, 1.82) is 0 Å². The Bertz CT molecular complexity index is 373. The lowest BCUT2D eigenvalue weighted by Gasteiger charge is -1.96. The topological polar surface area (TPSA) is 39.9 Å². The molecule has 11 heavy (non-hydrogen) atoms. The molecule has 2 aromatic rings. The maximum absolute atomic E-state index is 4.92. The van der Waals surface area contributed by atoms with Gasteiger partial charge < -0.3 is 4.76 Å². The molecule has 4 nitrogen and oxygen atoms in total. The molecule has 1 heterocycles. The minimum absolute atomic E-state index is 0.759. The van der Waals surface area contributed by atoms with Crippen molar-refractivity contribution in [2.75, 3.05) is 0 Å². The van der Waals surface area contributed by atoms with E-state index in [0.29, 0.717) is 0 Å². The van der Waals surface area contributed by atoms with Crippen LogP contribution in [0.25, 0.3) is 11.0 Å². The third-order valence-corrected chi connectivity index (χ3v) is 1.42. The van der Waals surface area contributed by atoms with Crippen LogP contribution in [0, 0.1) is 0 Å². The van der Waals surface area contributed by atoms with Gasteiger partial charge in [0.15, 0.2) is 0 Å². The van der Waals surface area contributed by atoms with E-state index in [1.165, 1.54) is 0 Å². The number of benzene rings is 1. The maximum atomic E-state index is 4.92. The van der Waals surface area contributed by atoms with Crippen LogP contribution in [-0.4, -0.2) is 23.2 Å². The number of para-hydroxylation sites is 1. The summed E-state index contributed by atoms with van der Waals surface area (Å²) in [5, 5.41) is 7.43. The van der Waals surface area contributed by atoms with Crippen LogP contribution in [0.5, 0.6) is 0 Å². The summed E-state index contributed by atoms with van der Waals surface area (Å²) < 4.78 is 4.41. The summed E-state index contributed by atoms with van der Waals surface area (Å²) in [5.41, 5.74) is 1.52. The first kappa shape index (κ1) is 6.21. The van der Waals surface area contributed by atoms with Crippen molar-refractivity contribution in [3.8, 4) is 0 Å². The number of fused-ring (bicyclic) bond motifs is 1. The first-order valence-corrected chi connectivity index (χ1v) is 3.09. The maximum Gasteiger partial charge on any atom is 0.420 e. The van der Waals surface area contributed by atoms with Crippen molar-refractivity contribution in [3.05, 3.63) is 24.3 Å². The average Bonchev–Trinajstić information content (AvgIpc) is 2.47. The SMILES string of the molecule is [B]On1nnc2ccccc21. The molecule has 0 spiro atoms. The van der Waals surface area contributed by atoms with Gasteiger partial charge in [0, 0.05) is 0 Å². The third kappa shape index (κ3) is 0.850. The zero-order chi connectivity index (χ0) is 7.68. The van der Waals surface area contributed by atoms with E-state index in [0.717, 1.165) is 15.9 Å². The van der Waals surface area contributed by atoms with Crippen LogP contribution < -0.4 is 4.76 Å². The van der Waals surface area contributed by atoms with Gasteiger partial charge >= 0.3 is 8.05 Å². The first-order chi connectivity index (χ1) is 5.42. The summed E-state index contributed by atoms with van der Waals surface area (Å²) in [6.07, 6.45) is 0. The van der Waals surface area contributed by atoms with Gasteiger partial charge in [-0.15, -0.1) is 5.10 Å². The van der Waals surface area contributed by atoms with Gasteiger partial charge in [-0.25, -0.2) is 0 Å². The second-order valence-electron chi connectivity index (χ2n) is 2.06. The molecule has 0 atom stereocenters. The van der Waals surface area contributed by atoms with Crippen molar-refractivity contribution >= 4 is 19.1 Å². The summed E-state index contributed by atoms with van der Waals surface area (Å²) in [4.78, 5) is 1.16. The molecule has 0 amide bonds. The molecule has 0 aliphatic rings. The van der Waals surface area contributed by atoms with Crippen molar-refractivity contribution < 1.29 is 4.76 Å². The molecule has 0 unspecified atom stereocenters. The van der Waals surface area contributed by atoms with Crippen molar-refractivity contribution in [1.82, 2.24) is 15.2 Å². The molecule has 0 saturated carbocycles. The Morgan fingerprint density at radius 2 is 2.18 bits per heavy atom. The van der Waals surface area contributed by atoms with Gasteiger partial charge in [-0.05, 0) is 17.3 Å². The van der Waals surface area contributed by atoms with Gasteiger partial charge in [-0.1, -0.05) is 17.0 Å². The van der Waals surface area contributed by atoms with Gasteiger partial charge in [0.25, 0.3) is 0 Å². The van der Waals surface area contributed by atoms with Crippen LogP contribution >= 0.6 is 0 Å². The summed E-state index contributed by atoms with van der Waals surface area (Å²) in [5.74, 6) is 0. The standard InChI is InChI=1S/C6H4BN3O/c7-11-10-6-4-2-1-3-5(6)8-9-10/h1-4H. The Balaban J connectivity index is 2.76. The highest BCUT2D eigenvalue weighted by atomic mass is 16.6. The highest BCUT2D eigenvalue weighted by molar-refractivity contribution is 5.98. The van der Waals surface area contributed by atoms with Gasteiger partial charge in [0.1, 0.15) is 11.0 Å². The van der Waals surface area contributed by atoms with E-state index in [9.17, 15) is 0 Å². The van der Waals surface area contributed by atoms with Crippen LogP contribution in [-0.2, 0) is 0 Å². The van der Waals surface area contributed by atoms with Crippen LogP contribution in [0.4, 0.5) is 0 Å². The lowest BCUT2D eigenvalue weighted by molar-refractivity contribution is 0.261. The minimum atomic E-state index is 0.759. The molecule has 1 aromatic carbocycles. The number of aromatic nitrogens is 3. The van der Waals surface area contributed by atoms with Gasteiger partial charge in [0.2, 0.25) is 0 Å². The fourth-order valence-electron chi connectivity index (χ4n) is 0.925. The fourth-order valence-corrected chi connectivity index (χ4v) is 0.925. The Hall–Kier alpha value is -1.52. The Morgan fingerprint density at radius 3 is 3.00 bits per heavy atom. The zero-order valence-electron chi connectivity index (χ0n) is 5.64. The normalized spacial score (nSPS) is 10.2. The van der Waals surface area contributed by atoms with Crippen LogP contribution in [0.15, 0.2) is 24.3 Å². The highest BCUT2D eigenvalue weighted by Crippen LogP contribution is 2.07. The van der Waals surface area contributed by atoms with Crippen molar-refractivity contribution in [3.63, 3.8) is 0 Å². The molecule has 52 valence electrons. The molecule has 0 bridgehead atoms. The Morgan fingerprint density at radius 1 is 1.36 bits per heavy atom. The van der Waals surface area contributed by atoms with E-state index in [4.69, 9.17) is 8.05 Å². The predicted molar refractivity (Wildman–Crippen MR) is 39.9 cm³/mol. The number of hydrogen-bond acceptors (Lipinski definition) is 3. The summed E-state index contributed by atoms with van der Waals surface area (Å²) in [6.45, 7) is 0. The molecule has 0 N–H and O–H groups in total. The third-order valence-electron chi connectivity index (χ3n) is 1.42. The highest BCUT2D eigenvalue weighted by Gasteiger charge is 1.99. The lowest BCUT2D eigenvalue weighted by Crippen LogP contribution is -2.08. The van der Waals surface area contributed by atoms with Gasteiger partial charge in [-0.3, -0.25) is 0 Å². The van der Waals surface area contributed by atoms with E-state index in [1.807, 2.05) is 24.3 Å². The van der Waals surface area contributed by atoms with Crippen molar-refractivity contribution in [2.24, 2.45) is 0 Å². The second-order valence-corrected chi connectivity index (χ2v) is 2.06. The molecule has 2 radical (unpaired) electrons. The van der Waals surface area contributed by atoms with E-state index in [2.05, 4.69) is 15.1 Å². The molecular weight excluding hydrogens is 141 g/mol. The first-order valence-electron chi connectivity index (χ1n) is 3.09.